The maximum absolute atomic E-state index is 14.9. The van der Waals surface area contributed by atoms with Crippen LogP contribution in [0.3, 0.4) is 0 Å². The molecule has 0 aliphatic carbocycles. The van der Waals surface area contributed by atoms with Gasteiger partial charge in [0.15, 0.2) is 0 Å². The molecule has 174 valence electrons. The number of ether oxygens (including phenoxy) is 1. The van der Waals surface area contributed by atoms with E-state index in [9.17, 15) is 19.1 Å². The fourth-order valence-electron chi connectivity index (χ4n) is 4.70. The normalized spacial score (nSPS) is 21.1. The van der Waals surface area contributed by atoms with Crippen molar-refractivity contribution >= 4 is 17.4 Å². The number of likely N-dealkylation sites (tertiary alicyclic amines) is 1. The molecule has 1 saturated heterocycles. The van der Waals surface area contributed by atoms with Gasteiger partial charge in [-0.2, -0.15) is 0 Å². The largest absolute Gasteiger partial charge is 0.507 e. The third kappa shape index (κ3) is 3.85. The lowest BCUT2D eigenvalue weighted by Gasteiger charge is -2.25. The molecule has 1 amide bonds. The summed E-state index contributed by atoms with van der Waals surface area (Å²) in [6.45, 7) is 2.75. The molecule has 2 aromatic carbocycles. The van der Waals surface area contributed by atoms with Gasteiger partial charge in [0.2, 0.25) is 0 Å². The maximum atomic E-state index is 14.9. The Morgan fingerprint density at radius 1 is 1.21 bits per heavy atom. The zero-order valence-corrected chi connectivity index (χ0v) is 18.6. The summed E-state index contributed by atoms with van der Waals surface area (Å²) in [7, 11) is 0. The minimum Gasteiger partial charge on any atom is -0.507 e. The Hall–Kier alpha value is -3.94. The Morgan fingerprint density at radius 3 is 2.79 bits per heavy atom. The number of aryl methyl sites for hydroxylation is 1. The van der Waals surface area contributed by atoms with Crippen LogP contribution in [-0.2, 0) is 22.6 Å². The van der Waals surface area contributed by atoms with Crippen LogP contribution >= 0.6 is 0 Å². The summed E-state index contributed by atoms with van der Waals surface area (Å²) in [5.74, 6) is -1.70. The summed E-state index contributed by atoms with van der Waals surface area (Å²) in [6.07, 6.45) is 6.36. The van der Waals surface area contributed by atoms with E-state index in [1.54, 1.807) is 55.1 Å². The predicted octanol–water partition coefficient (Wildman–Crippen LogP) is 3.86. The van der Waals surface area contributed by atoms with Crippen LogP contribution in [0.4, 0.5) is 4.39 Å². The second-order valence-corrected chi connectivity index (χ2v) is 8.62. The summed E-state index contributed by atoms with van der Waals surface area (Å²) in [6, 6.07) is 10.2. The van der Waals surface area contributed by atoms with E-state index in [4.69, 9.17) is 4.74 Å². The van der Waals surface area contributed by atoms with Crippen LogP contribution in [0.5, 0.6) is 5.75 Å². The minimum atomic E-state index is -1.02. The van der Waals surface area contributed by atoms with Crippen molar-refractivity contribution in [2.24, 2.45) is 0 Å². The first-order valence-electron chi connectivity index (χ1n) is 11.2. The lowest BCUT2D eigenvalue weighted by atomic mass is 9.94. The van der Waals surface area contributed by atoms with E-state index in [-0.39, 0.29) is 29.5 Å². The van der Waals surface area contributed by atoms with Crippen LogP contribution in [0.15, 0.2) is 66.8 Å². The molecule has 8 heteroatoms. The number of benzene rings is 2. The van der Waals surface area contributed by atoms with Gasteiger partial charge in [-0.15, -0.1) is 0 Å². The first-order chi connectivity index (χ1) is 16.4. The quantitative estimate of drug-likeness (QED) is 0.342. The standard InChI is InChI=1S/C26H24FN3O4/c1-16-13-18-14-17(7-8-21(18)34-16)24(31)22-23(19-5-2-3-6-20(19)27)30(26(33)25(22)32)11-4-10-29-12-9-28-15-29/h2-3,5-9,12,14-16,23,31H,4,10-11,13H2,1H3/b24-22+/t16-,23-/m1/s1. The SMILES string of the molecule is C[C@@H]1Cc2cc(/C(O)=C3\C(=O)C(=O)N(CCCn4ccnc4)[C@@H]3c3ccccc3F)ccc2O1. The van der Waals surface area contributed by atoms with Crippen molar-refractivity contribution in [3.63, 3.8) is 0 Å². The first-order valence-corrected chi connectivity index (χ1v) is 11.2. The number of aromatic nitrogens is 2. The number of Topliss-reactive ketones (excluding diaryl/α,β-unsaturated/α-hetero) is 1. The summed E-state index contributed by atoms with van der Waals surface area (Å²) in [5, 5.41) is 11.2. The summed E-state index contributed by atoms with van der Waals surface area (Å²) in [5.41, 5.74) is 1.37. The van der Waals surface area contributed by atoms with E-state index in [0.29, 0.717) is 24.9 Å². The number of fused-ring (bicyclic) bond motifs is 1. The van der Waals surface area contributed by atoms with Gasteiger partial charge in [0.1, 0.15) is 23.4 Å². The molecule has 0 saturated carbocycles. The molecule has 7 nitrogen and oxygen atoms in total. The lowest BCUT2D eigenvalue weighted by Crippen LogP contribution is -2.31. The highest BCUT2D eigenvalue weighted by molar-refractivity contribution is 6.46. The number of imidazole rings is 1. The van der Waals surface area contributed by atoms with E-state index in [1.807, 2.05) is 11.5 Å². The molecule has 0 bridgehead atoms. The van der Waals surface area contributed by atoms with E-state index >= 15 is 0 Å². The molecule has 3 heterocycles. The van der Waals surface area contributed by atoms with Crippen LogP contribution < -0.4 is 4.74 Å². The summed E-state index contributed by atoms with van der Waals surface area (Å²) < 4.78 is 22.5. The highest BCUT2D eigenvalue weighted by Crippen LogP contribution is 2.41. The fourth-order valence-corrected chi connectivity index (χ4v) is 4.70. The minimum absolute atomic E-state index is 0.0203. The van der Waals surface area contributed by atoms with Crippen LogP contribution in [0.1, 0.15) is 36.1 Å². The van der Waals surface area contributed by atoms with E-state index in [2.05, 4.69) is 4.98 Å². The molecule has 1 N–H and O–H groups in total. The number of ketones is 1. The van der Waals surface area contributed by atoms with Gasteiger partial charge in [-0.25, -0.2) is 9.37 Å². The van der Waals surface area contributed by atoms with Crippen molar-refractivity contribution in [1.29, 1.82) is 0 Å². The van der Waals surface area contributed by atoms with Gasteiger partial charge in [0.25, 0.3) is 11.7 Å². The Balaban J connectivity index is 1.54. The topological polar surface area (TPSA) is 84.7 Å². The molecule has 0 radical (unpaired) electrons. The molecule has 2 atom stereocenters. The van der Waals surface area contributed by atoms with Gasteiger partial charge in [-0.1, -0.05) is 18.2 Å². The number of hydrogen-bond acceptors (Lipinski definition) is 5. The molecule has 34 heavy (non-hydrogen) atoms. The Morgan fingerprint density at radius 2 is 2.03 bits per heavy atom. The number of carbonyl (C=O) groups excluding carboxylic acids is 2. The third-order valence-electron chi connectivity index (χ3n) is 6.28. The Kier molecular flexibility index (Phi) is 5.65. The number of hydrogen-bond donors (Lipinski definition) is 1. The van der Waals surface area contributed by atoms with E-state index in [0.717, 1.165) is 11.3 Å². The summed E-state index contributed by atoms with van der Waals surface area (Å²) in [4.78, 5) is 31.5. The molecule has 2 aliphatic rings. The second kappa shape index (κ2) is 8.78. The van der Waals surface area contributed by atoms with Crippen molar-refractivity contribution in [3.8, 4) is 5.75 Å². The van der Waals surface area contributed by atoms with Gasteiger partial charge >= 0.3 is 0 Å². The fraction of sp³-hybridized carbons (Fsp3) is 0.269. The van der Waals surface area contributed by atoms with Crippen LogP contribution in [0.25, 0.3) is 5.76 Å². The molecular weight excluding hydrogens is 437 g/mol. The van der Waals surface area contributed by atoms with Crippen molar-refractivity contribution in [2.45, 2.75) is 38.5 Å². The van der Waals surface area contributed by atoms with Crippen molar-refractivity contribution in [3.05, 3.63) is 89.3 Å². The molecule has 0 spiro atoms. The molecule has 1 aromatic heterocycles. The van der Waals surface area contributed by atoms with Gasteiger partial charge < -0.3 is 19.3 Å². The molecule has 5 rings (SSSR count). The Bertz CT molecular complexity index is 1280. The monoisotopic (exact) mass is 461 g/mol. The molecular formula is C26H24FN3O4. The predicted molar refractivity (Wildman–Crippen MR) is 122 cm³/mol. The van der Waals surface area contributed by atoms with Gasteiger partial charge in [0.05, 0.1) is 17.9 Å². The van der Waals surface area contributed by atoms with Gasteiger partial charge in [-0.3, -0.25) is 9.59 Å². The molecule has 2 aliphatic heterocycles. The highest BCUT2D eigenvalue weighted by Gasteiger charge is 2.46. The lowest BCUT2D eigenvalue weighted by molar-refractivity contribution is -0.140. The van der Waals surface area contributed by atoms with Crippen molar-refractivity contribution < 1.29 is 23.8 Å². The average Bonchev–Trinajstić information content (AvgIpc) is 3.53. The van der Waals surface area contributed by atoms with E-state index < -0.39 is 23.5 Å². The van der Waals surface area contributed by atoms with Crippen molar-refractivity contribution in [1.82, 2.24) is 14.5 Å². The first kappa shape index (κ1) is 21.9. The van der Waals surface area contributed by atoms with Crippen molar-refractivity contribution in [2.75, 3.05) is 6.54 Å². The number of aliphatic hydroxyl groups excluding tert-OH is 1. The number of amides is 1. The zero-order chi connectivity index (χ0) is 23.8. The molecule has 0 unspecified atom stereocenters. The number of carbonyl (C=O) groups is 2. The maximum Gasteiger partial charge on any atom is 0.295 e. The van der Waals surface area contributed by atoms with Gasteiger partial charge in [0, 0.05) is 43.0 Å². The average molecular weight is 461 g/mol. The second-order valence-electron chi connectivity index (χ2n) is 8.62. The number of halogens is 1. The van der Waals surface area contributed by atoms with E-state index in [1.165, 1.54) is 11.0 Å². The molecule has 3 aromatic rings. The summed E-state index contributed by atoms with van der Waals surface area (Å²) >= 11 is 0. The van der Waals surface area contributed by atoms with Crippen LogP contribution in [-0.4, -0.2) is 43.9 Å². The number of nitrogens with zero attached hydrogens (tertiary/aromatic N) is 3. The van der Waals surface area contributed by atoms with Gasteiger partial charge in [-0.05, 0) is 43.2 Å². The number of aliphatic hydroxyl groups is 1. The molecule has 1 fully saturated rings. The van der Waals surface area contributed by atoms with Crippen LogP contribution in [0, 0.1) is 5.82 Å². The third-order valence-corrected chi connectivity index (χ3v) is 6.28. The van der Waals surface area contributed by atoms with Crippen LogP contribution in [0.2, 0.25) is 0 Å². The number of rotatable bonds is 6. The highest BCUT2D eigenvalue weighted by atomic mass is 19.1. The Labute approximate surface area is 196 Å². The smallest absolute Gasteiger partial charge is 0.295 e. The zero-order valence-electron chi connectivity index (χ0n) is 18.6.